The Hall–Kier alpha value is -1.75. The third kappa shape index (κ3) is 3.92. The number of benzene rings is 1. The molecule has 0 saturated carbocycles. The highest BCUT2D eigenvalue weighted by Gasteiger charge is 2.10. The van der Waals surface area contributed by atoms with Crippen LogP contribution in [0.3, 0.4) is 0 Å². The number of rotatable bonds is 6. The molecule has 0 saturated heterocycles. The molecule has 1 amide bonds. The predicted molar refractivity (Wildman–Crippen MR) is 67.9 cm³/mol. The zero-order valence-corrected chi connectivity index (χ0v) is 10.9. The molecular weight excluding hydrogens is 234 g/mol. The molecule has 0 spiro atoms. The minimum absolute atomic E-state index is 0.0718. The van der Waals surface area contributed by atoms with E-state index in [2.05, 4.69) is 5.32 Å². The summed E-state index contributed by atoms with van der Waals surface area (Å²) in [5, 5.41) is 11.5. The molecule has 0 aliphatic rings. The van der Waals surface area contributed by atoms with Gasteiger partial charge in [-0.2, -0.15) is 0 Å². The number of carbonyl (C=O) groups is 1. The van der Waals surface area contributed by atoms with Crippen LogP contribution in [0.1, 0.15) is 12.5 Å². The molecule has 1 aromatic carbocycles. The van der Waals surface area contributed by atoms with E-state index in [0.717, 1.165) is 5.56 Å². The van der Waals surface area contributed by atoms with Gasteiger partial charge in [-0.05, 0) is 24.6 Å². The highest BCUT2D eigenvalue weighted by Crippen LogP contribution is 2.27. The van der Waals surface area contributed by atoms with E-state index in [1.165, 1.54) is 0 Å². The molecule has 5 nitrogen and oxygen atoms in total. The van der Waals surface area contributed by atoms with Gasteiger partial charge in [0.1, 0.15) is 0 Å². The molecule has 0 aromatic heterocycles. The molecule has 5 heteroatoms. The van der Waals surface area contributed by atoms with Crippen molar-refractivity contribution >= 4 is 5.91 Å². The maximum Gasteiger partial charge on any atom is 0.224 e. The minimum atomic E-state index is -0.238. The SMILES string of the molecule is COc1ccc(CC(=O)N[C@H](C)CO)cc1OC. The molecule has 1 aromatic rings. The number of nitrogens with one attached hydrogen (secondary N) is 1. The lowest BCUT2D eigenvalue weighted by atomic mass is 10.1. The molecule has 0 radical (unpaired) electrons. The first-order valence-corrected chi connectivity index (χ1v) is 5.71. The van der Waals surface area contributed by atoms with Gasteiger partial charge in [-0.1, -0.05) is 6.07 Å². The molecule has 1 atom stereocenters. The van der Waals surface area contributed by atoms with Crippen LogP contribution in [0.15, 0.2) is 18.2 Å². The van der Waals surface area contributed by atoms with Crippen LogP contribution >= 0.6 is 0 Å². The summed E-state index contributed by atoms with van der Waals surface area (Å²) in [4.78, 5) is 11.6. The molecule has 1 rings (SSSR count). The van der Waals surface area contributed by atoms with Gasteiger partial charge in [-0.3, -0.25) is 4.79 Å². The molecule has 100 valence electrons. The summed E-state index contributed by atoms with van der Waals surface area (Å²) in [6.07, 6.45) is 0.241. The lowest BCUT2D eigenvalue weighted by molar-refractivity contribution is -0.121. The number of amides is 1. The van der Waals surface area contributed by atoms with Crippen LogP contribution in [0, 0.1) is 0 Å². The Morgan fingerprint density at radius 2 is 2.00 bits per heavy atom. The summed E-state index contributed by atoms with van der Waals surface area (Å²) in [5.74, 6) is 1.09. The van der Waals surface area contributed by atoms with Crippen molar-refractivity contribution in [3.05, 3.63) is 23.8 Å². The highest BCUT2D eigenvalue weighted by atomic mass is 16.5. The lowest BCUT2D eigenvalue weighted by Crippen LogP contribution is -2.35. The first-order valence-electron chi connectivity index (χ1n) is 5.71. The van der Waals surface area contributed by atoms with Crippen molar-refractivity contribution in [2.24, 2.45) is 0 Å². The van der Waals surface area contributed by atoms with Gasteiger partial charge in [0.25, 0.3) is 0 Å². The molecule has 0 bridgehead atoms. The van der Waals surface area contributed by atoms with Gasteiger partial charge in [-0.25, -0.2) is 0 Å². The Morgan fingerprint density at radius 3 is 2.56 bits per heavy atom. The molecule has 0 fully saturated rings. The topological polar surface area (TPSA) is 67.8 Å². The first-order chi connectivity index (χ1) is 8.60. The van der Waals surface area contributed by atoms with Gasteiger partial charge in [0.15, 0.2) is 11.5 Å². The van der Waals surface area contributed by atoms with E-state index in [4.69, 9.17) is 14.6 Å². The van der Waals surface area contributed by atoms with Gasteiger partial charge < -0.3 is 19.9 Å². The van der Waals surface area contributed by atoms with E-state index in [0.29, 0.717) is 11.5 Å². The smallest absolute Gasteiger partial charge is 0.224 e. The lowest BCUT2D eigenvalue weighted by Gasteiger charge is -2.12. The number of ether oxygens (including phenoxy) is 2. The largest absolute Gasteiger partial charge is 0.493 e. The Balaban J connectivity index is 2.70. The molecule has 0 aliphatic carbocycles. The van der Waals surface area contributed by atoms with Gasteiger partial charge >= 0.3 is 0 Å². The van der Waals surface area contributed by atoms with Crippen molar-refractivity contribution in [1.29, 1.82) is 0 Å². The Labute approximate surface area is 107 Å². The van der Waals surface area contributed by atoms with Crippen LogP contribution in [0.2, 0.25) is 0 Å². The third-order valence-corrected chi connectivity index (χ3v) is 2.49. The molecule has 0 heterocycles. The maximum atomic E-state index is 11.6. The number of aliphatic hydroxyl groups excluding tert-OH is 1. The summed E-state index contributed by atoms with van der Waals surface area (Å²) >= 11 is 0. The van der Waals surface area contributed by atoms with Crippen molar-refractivity contribution in [2.75, 3.05) is 20.8 Å². The zero-order valence-electron chi connectivity index (χ0n) is 10.9. The Morgan fingerprint density at radius 1 is 1.33 bits per heavy atom. The van der Waals surface area contributed by atoms with E-state index in [-0.39, 0.29) is 25.0 Å². The van der Waals surface area contributed by atoms with E-state index in [1.807, 2.05) is 6.07 Å². The summed E-state index contributed by atoms with van der Waals surface area (Å²) in [5.41, 5.74) is 0.829. The standard InChI is InChI=1S/C13H19NO4/c1-9(8-15)14-13(16)7-10-4-5-11(17-2)12(6-10)18-3/h4-6,9,15H,7-8H2,1-3H3,(H,14,16)/t9-/m1/s1. The molecule has 18 heavy (non-hydrogen) atoms. The second-order valence-electron chi connectivity index (χ2n) is 4.02. The fourth-order valence-corrected chi connectivity index (χ4v) is 1.55. The molecule has 0 unspecified atom stereocenters. The van der Waals surface area contributed by atoms with Crippen molar-refractivity contribution in [1.82, 2.24) is 5.32 Å². The van der Waals surface area contributed by atoms with Crippen molar-refractivity contribution in [3.8, 4) is 11.5 Å². The maximum absolute atomic E-state index is 11.6. The Kier molecular flexibility index (Phi) is 5.45. The summed E-state index contributed by atoms with van der Waals surface area (Å²) in [7, 11) is 3.11. The van der Waals surface area contributed by atoms with Crippen LogP contribution in [0.4, 0.5) is 0 Å². The predicted octanol–water partition coefficient (Wildman–Crippen LogP) is 0.743. The van der Waals surface area contributed by atoms with E-state index < -0.39 is 0 Å². The van der Waals surface area contributed by atoms with E-state index >= 15 is 0 Å². The second-order valence-corrected chi connectivity index (χ2v) is 4.02. The van der Waals surface area contributed by atoms with Crippen LogP contribution < -0.4 is 14.8 Å². The monoisotopic (exact) mass is 253 g/mol. The fourth-order valence-electron chi connectivity index (χ4n) is 1.55. The normalized spacial score (nSPS) is 11.8. The average molecular weight is 253 g/mol. The van der Waals surface area contributed by atoms with Crippen LogP contribution in [0.25, 0.3) is 0 Å². The number of methoxy groups -OCH3 is 2. The average Bonchev–Trinajstić information content (AvgIpc) is 2.38. The van der Waals surface area contributed by atoms with E-state index in [1.54, 1.807) is 33.3 Å². The quantitative estimate of drug-likeness (QED) is 0.785. The van der Waals surface area contributed by atoms with Gasteiger partial charge in [-0.15, -0.1) is 0 Å². The number of aliphatic hydroxyl groups is 1. The number of carbonyl (C=O) groups excluding carboxylic acids is 1. The zero-order chi connectivity index (χ0) is 13.5. The first kappa shape index (κ1) is 14.3. The van der Waals surface area contributed by atoms with Gasteiger partial charge in [0, 0.05) is 6.04 Å². The summed E-state index contributed by atoms with van der Waals surface area (Å²) < 4.78 is 10.3. The fraction of sp³-hybridized carbons (Fsp3) is 0.462. The summed E-state index contributed by atoms with van der Waals surface area (Å²) in [6.45, 7) is 1.67. The second kappa shape index (κ2) is 6.86. The van der Waals surface area contributed by atoms with Crippen molar-refractivity contribution < 1.29 is 19.4 Å². The van der Waals surface area contributed by atoms with Crippen molar-refractivity contribution in [2.45, 2.75) is 19.4 Å². The minimum Gasteiger partial charge on any atom is -0.493 e. The number of hydrogen-bond acceptors (Lipinski definition) is 4. The van der Waals surface area contributed by atoms with Crippen LogP contribution in [0.5, 0.6) is 11.5 Å². The molecular formula is C13H19NO4. The van der Waals surface area contributed by atoms with Gasteiger partial charge in [0.2, 0.25) is 5.91 Å². The highest BCUT2D eigenvalue weighted by molar-refractivity contribution is 5.79. The molecule has 2 N–H and O–H groups in total. The van der Waals surface area contributed by atoms with E-state index in [9.17, 15) is 4.79 Å². The van der Waals surface area contributed by atoms with Crippen LogP contribution in [-0.2, 0) is 11.2 Å². The molecule has 0 aliphatic heterocycles. The Bertz CT molecular complexity index is 406. The third-order valence-electron chi connectivity index (χ3n) is 2.49. The van der Waals surface area contributed by atoms with Gasteiger partial charge in [0.05, 0.1) is 27.2 Å². The summed E-state index contributed by atoms with van der Waals surface area (Å²) in [6, 6.07) is 5.10. The van der Waals surface area contributed by atoms with Crippen molar-refractivity contribution in [3.63, 3.8) is 0 Å². The van der Waals surface area contributed by atoms with Crippen LogP contribution in [-0.4, -0.2) is 37.9 Å². The number of hydrogen-bond donors (Lipinski definition) is 2.